The Morgan fingerprint density at radius 1 is 1.12 bits per heavy atom. The van der Waals surface area contributed by atoms with Gasteiger partial charge in [0.1, 0.15) is 12.4 Å². The molecule has 0 saturated carbocycles. The molecule has 0 aliphatic rings. The van der Waals surface area contributed by atoms with Crippen LogP contribution in [-0.2, 0) is 11.2 Å². The van der Waals surface area contributed by atoms with Gasteiger partial charge < -0.3 is 10.0 Å². The fourth-order valence-corrected chi connectivity index (χ4v) is 3.13. The largest absolute Gasteiger partial charge is 0.480 e. The van der Waals surface area contributed by atoms with Crippen LogP contribution in [-0.4, -0.2) is 29.7 Å². The smallest absolute Gasteiger partial charge is 0.323 e. The summed E-state index contributed by atoms with van der Waals surface area (Å²) in [6.45, 7) is 2.11. The number of carboxylic acid groups (broad SMARTS) is 1. The first kappa shape index (κ1) is 17.9. The molecule has 4 heteroatoms. The van der Waals surface area contributed by atoms with Crippen molar-refractivity contribution in [1.82, 2.24) is 4.98 Å². The third kappa shape index (κ3) is 4.02. The summed E-state index contributed by atoms with van der Waals surface area (Å²) in [6, 6.07) is 18.6. The highest BCUT2D eigenvalue weighted by Gasteiger charge is 2.13. The lowest BCUT2D eigenvalue weighted by atomic mass is 9.98. The Bertz CT molecular complexity index is 907. The van der Waals surface area contributed by atoms with Crippen molar-refractivity contribution in [2.75, 3.05) is 18.5 Å². The number of anilines is 1. The summed E-state index contributed by atoms with van der Waals surface area (Å²) in [5.74, 6) is -0.203. The summed E-state index contributed by atoms with van der Waals surface area (Å²) in [6.07, 6.45) is 3.39. The van der Waals surface area contributed by atoms with Gasteiger partial charge in [-0.1, -0.05) is 49.7 Å². The highest BCUT2D eigenvalue weighted by atomic mass is 16.4. The topological polar surface area (TPSA) is 53.4 Å². The third-order valence-electron chi connectivity index (χ3n) is 4.53. The molecule has 3 aromatic rings. The van der Waals surface area contributed by atoms with Gasteiger partial charge in [-0.15, -0.1) is 0 Å². The van der Waals surface area contributed by atoms with E-state index in [9.17, 15) is 4.79 Å². The monoisotopic (exact) mass is 348 g/mol. The summed E-state index contributed by atoms with van der Waals surface area (Å²) in [4.78, 5) is 17.4. The average molecular weight is 348 g/mol. The van der Waals surface area contributed by atoms with Gasteiger partial charge in [0, 0.05) is 12.4 Å². The lowest BCUT2D eigenvalue weighted by Gasteiger charge is -2.18. The number of unbranched alkanes of at least 4 members (excludes halogenated alkanes) is 1. The minimum absolute atomic E-state index is 0.0820. The fourth-order valence-electron chi connectivity index (χ4n) is 3.13. The van der Waals surface area contributed by atoms with Crippen LogP contribution in [0, 0.1) is 0 Å². The van der Waals surface area contributed by atoms with Gasteiger partial charge in [0.2, 0.25) is 0 Å². The lowest BCUT2D eigenvalue weighted by Crippen LogP contribution is -2.26. The highest BCUT2D eigenvalue weighted by molar-refractivity contribution is 5.96. The Morgan fingerprint density at radius 3 is 2.58 bits per heavy atom. The molecule has 0 saturated heterocycles. The van der Waals surface area contributed by atoms with Crippen LogP contribution in [0.1, 0.15) is 25.3 Å². The van der Waals surface area contributed by atoms with Gasteiger partial charge in [0.15, 0.2) is 0 Å². The molecule has 2 aromatic carbocycles. The van der Waals surface area contributed by atoms with E-state index in [0.29, 0.717) is 5.82 Å². The number of carboxylic acids is 1. The number of hydrogen-bond donors (Lipinski definition) is 1. The summed E-state index contributed by atoms with van der Waals surface area (Å²) >= 11 is 0. The number of nitrogens with zero attached hydrogens (tertiary/aromatic N) is 2. The van der Waals surface area contributed by atoms with E-state index >= 15 is 0 Å². The molecule has 0 unspecified atom stereocenters. The number of likely N-dealkylation sites (N-methyl/N-ethyl adjacent to an activating group) is 1. The first-order valence-corrected chi connectivity index (χ1v) is 9.00. The van der Waals surface area contributed by atoms with Gasteiger partial charge in [0.05, 0.1) is 5.52 Å². The summed E-state index contributed by atoms with van der Waals surface area (Å²) in [7, 11) is 1.76. The van der Waals surface area contributed by atoms with Crippen molar-refractivity contribution in [3.05, 3.63) is 60.2 Å². The third-order valence-corrected chi connectivity index (χ3v) is 4.53. The van der Waals surface area contributed by atoms with E-state index in [4.69, 9.17) is 10.1 Å². The molecular weight excluding hydrogens is 324 g/mol. The van der Waals surface area contributed by atoms with Crippen molar-refractivity contribution in [3.8, 4) is 11.1 Å². The Hall–Kier alpha value is -2.88. The second kappa shape index (κ2) is 8.00. The van der Waals surface area contributed by atoms with E-state index < -0.39 is 5.97 Å². The van der Waals surface area contributed by atoms with Crippen LogP contribution in [0.2, 0.25) is 0 Å². The van der Waals surface area contributed by atoms with Gasteiger partial charge in [-0.2, -0.15) is 0 Å². The summed E-state index contributed by atoms with van der Waals surface area (Å²) in [5, 5.41) is 10.2. The van der Waals surface area contributed by atoms with Crippen LogP contribution in [0.25, 0.3) is 22.0 Å². The summed E-state index contributed by atoms with van der Waals surface area (Å²) in [5.41, 5.74) is 4.39. The Morgan fingerprint density at radius 2 is 1.88 bits per heavy atom. The van der Waals surface area contributed by atoms with Crippen molar-refractivity contribution in [2.45, 2.75) is 26.2 Å². The zero-order valence-electron chi connectivity index (χ0n) is 15.3. The minimum Gasteiger partial charge on any atom is -0.480 e. The van der Waals surface area contributed by atoms with Crippen LogP contribution in [0.3, 0.4) is 0 Å². The molecule has 134 valence electrons. The fraction of sp³-hybridized carbons (Fsp3) is 0.273. The molecule has 0 aliphatic heterocycles. The molecule has 1 aromatic heterocycles. The van der Waals surface area contributed by atoms with Crippen molar-refractivity contribution in [1.29, 1.82) is 0 Å². The van der Waals surface area contributed by atoms with Gasteiger partial charge >= 0.3 is 5.97 Å². The maximum atomic E-state index is 11.1. The normalized spacial score (nSPS) is 10.8. The lowest BCUT2D eigenvalue weighted by molar-refractivity contribution is -0.135. The van der Waals surface area contributed by atoms with Gasteiger partial charge in [-0.3, -0.25) is 4.79 Å². The van der Waals surface area contributed by atoms with Crippen LogP contribution < -0.4 is 4.90 Å². The van der Waals surface area contributed by atoms with E-state index in [1.807, 2.05) is 30.3 Å². The Balaban J connectivity index is 2.15. The number of fused-ring (bicyclic) bond motifs is 1. The predicted octanol–water partition coefficient (Wildman–Crippen LogP) is 4.77. The first-order valence-electron chi connectivity index (χ1n) is 9.00. The van der Waals surface area contributed by atoms with E-state index in [1.165, 1.54) is 18.4 Å². The van der Waals surface area contributed by atoms with Crippen molar-refractivity contribution < 1.29 is 9.90 Å². The van der Waals surface area contributed by atoms with Crippen molar-refractivity contribution >= 4 is 22.7 Å². The van der Waals surface area contributed by atoms with Crippen LogP contribution >= 0.6 is 0 Å². The van der Waals surface area contributed by atoms with E-state index in [2.05, 4.69) is 31.2 Å². The van der Waals surface area contributed by atoms with E-state index in [0.717, 1.165) is 28.5 Å². The predicted molar refractivity (Wildman–Crippen MR) is 107 cm³/mol. The maximum Gasteiger partial charge on any atom is 0.323 e. The molecule has 4 nitrogen and oxygen atoms in total. The second-order valence-corrected chi connectivity index (χ2v) is 6.60. The molecular formula is C22H24N2O2. The number of pyridine rings is 1. The first-order chi connectivity index (χ1) is 12.6. The van der Waals surface area contributed by atoms with Gasteiger partial charge in [0.25, 0.3) is 0 Å². The van der Waals surface area contributed by atoms with Crippen LogP contribution in [0.5, 0.6) is 0 Å². The minimum atomic E-state index is -0.870. The van der Waals surface area contributed by atoms with Crippen LogP contribution in [0.4, 0.5) is 5.82 Å². The quantitative estimate of drug-likeness (QED) is 0.668. The number of rotatable bonds is 7. The number of carbonyl (C=O) groups is 1. The Kier molecular flexibility index (Phi) is 5.52. The number of hydrogen-bond acceptors (Lipinski definition) is 3. The van der Waals surface area contributed by atoms with Gasteiger partial charge in [-0.25, -0.2) is 4.98 Å². The number of aryl methyl sites for hydroxylation is 1. The SMILES string of the molecule is CCCCc1ccc2nc(N(C)CC(=O)O)cc(-c3ccccc3)c2c1. The number of aromatic nitrogens is 1. The average Bonchev–Trinajstić information content (AvgIpc) is 2.65. The molecule has 26 heavy (non-hydrogen) atoms. The Labute approximate surface area is 154 Å². The van der Waals surface area contributed by atoms with Crippen LogP contribution in [0.15, 0.2) is 54.6 Å². The maximum absolute atomic E-state index is 11.1. The molecule has 0 aliphatic carbocycles. The molecule has 0 spiro atoms. The molecule has 1 N–H and O–H groups in total. The van der Waals surface area contributed by atoms with Crippen molar-refractivity contribution in [2.24, 2.45) is 0 Å². The zero-order valence-corrected chi connectivity index (χ0v) is 15.3. The molecule has 0 radical (unpaired) electrons. The van der Waals surface area contributed by atoms with Gasteiger partial charge in [-0.05, 0) is 47.7 Å². The summed E-state index contributed by atoms with van der Waals surface area (Å²) < 4.78 is 0. The standard InChI is InChI=1S/C22H24N2O2/c1-3-4-8-16-11-12-20-19(13-16)18(17-9-6-5-7-10-17)14-21(23-20)24(2)15-22(25)26/h5-7,9-14H,3-4,8,15H2,1-2H3,(H,25,26). The molecule has 0 fully saturated rings. The zero-order chi connectivity index (χ0) is 18.5. The molecule has 0 amide bonds. The molecule has 0 bridgehead atoms. The van der Waals surface area contributed by atoms with E-state index in [-0.39, 0.29) is 6.54 Å². The second-order valence-electron chi connectivity index (χ2n) is 6.60. The van der Waals surface area contributed by atoms with E-state index in [1.54, 1.807) is 11.9 Å². The highest BCUT2D eigenvalue weighted by Crippen LogP contribution is 2.32. The molecule has 1 heterocycles. The molecule has 3 rings (SSSR count). The number of aliphatic carboxylic acids is 1. The van der Waals surface area contributed by atoms with Crippen molar-refractivity contribution in [3.63, 3.8) is 0 Å². The molecule has 0 atom stereocenters. The number of benzene rings is 2.